The summed E-state index contributed by atoms with van der Waals surface area (Å²) in [5.41, 5.74) is 2.62. The molecule has 0 aliphatic heterocycles. The Kier molecular flexibility index (Phi) is 5.49. The van der Waals surface area contributed by atoms with Crippen LogP contribution in [-0.4, -0.2) is 46.0 Å². The standard InChI is InChI=1S/C20H21FN4O2/c1-14-5-4-6-18(13-14)27-12-11-24(3)20(26)19-15(2)25(23-22-19)17-9-7-16(21)8-10-17/h4-10,13H,11-12H2,1-3H3. The first-order valence-corrected chi connectivity index (χ1v) is 8.59. The summed E-state index contributed by atoms with van der Waals surface area (Å²) in [7, 11) is 1.69. The highest BCUT2D eigenvalue weighted by Gasteiger charge is 2.20. The van der Waals surface area contributed by atoms with E-state index in [0.29, 0.717) is 24.5 Å². The minimum absolute atomic E-state index is 0.242. The van der Waals surface area contributed by atoms with Gasteiger partial charge in [0, 0.05) is 7.05 Å². The highest BCUT2D eigenvalue weighted by molar-refractivity contribution is 5.93. The first-order valence-electron chi connectivity index (χ1n) is 8.59. The Balaban J connectivity index is 1.64. The van der Waals surface area contributed by atoms with Crippen LogP contribution >= 0.6 is 0 Å². The molecule has 0 aliphatic rings. The van der Waals surface area contributed by atoms with Crippen LogP contribution in [0.4, 0.5) is 4.39 Å². The van der Waals surface area contributed by atoms with Crippen molar-refractivity contribution < 1.29 is 13.9 Å². The lowest BCUT2D eigenvalue weighted by molar-refractivity contribution is 0.0767. The van der Waals surface area contributed by atoms with E-state index in [2.05, 4.69) is 10.3 Å². The van der Waals surface area contributed by atoms with Crippen molar-refractivity contribution in [1.29, 1.82) is 0 Å². The SMILES string of the molecule is Cc1cccc(OCCN(C)C(=O)c2nnn(-c3ccc(F)cc3)c2C)c1. The third-order valence-electron chi connectivity index (χ3n) is 4.20. The minimum Gasteiger partial charge on any atom is -0.492 e. The van der Waals surface area contributed by atoms with Crippen LogP contribution < -0.4 is 4.74 Å². The third-order valence-corrected chi connectivity index (χ3v) is 4.20. The molecule has 0 spiro atoms. The van der Waals surface area contributed by atoms with Crippen LogP contribution in [0.25, 0.3) is 5.69 Å². The van der Waals surface area contributed by atoms with E-state index >= 15 is 0 Å². The molecule has 0 unspecified atom stereocenters. The predicted octanol–water partition coefficient (Wildman–Crippen LogP) is 3.17. The van der Waals surface area contributed by atoms with Gasteiger partial charge in [0.1, 0.15) is 18.2 Å². The molecule has 3 aromatic rings. The second-order valence-electron chi connectivity index (χ2n) is 6.30. The number of hydrogen-bond acceptors (Lipinski definition) is 4. The fourth-order valence-corrected chi connectivity index (χ4v) is 2.64. The molecule has 0 saturated heterocycles. The topological polar surface area (TPSA) is 60.2 Å². The molecule has 0 aliphatic carbocycles. The van der Waals surface area contributed by atoms with Crippen LogP contribution in [0.5, 0.6) is 5.75 Å². The van der Waals surface area contributed by atoms with E-state index in [1.54, 1.807) is 31.0 Å². The molecule has 140 valence electrons. The van der Waals surface area contributed by atoms with Gasteiger partial charge in [-0.2, -0.15) is 0 Å². The predicted molar refractivity (Wildman–Crippen MR) is 99.7 cm³/mol. The molecular weight excluding hydrogens is 347 g/mol. The van der Waals surface area contributed by atoms with Gasteiger partial charge in [0.25, 0.3) is 5.91 Å². The molecule has 1 aromatic heterocycles. The van der Waals surface area contributed by atoms with Crippen molar-refractivity contribution in [3.05, 3.63) is 71.3 Å². The van der Waals surface area contributed by atoms with Crippen molar-refractivity contribution in [1.82, 2.24) is 19.9 Å². The molecular formula is C20H21FN4O2. The van der Waals surface area contributed by atoms with Crippen molar-refractivity contribution in [2.24, 2.45) is 0 Å². The van der Waals surface area contributed by atoms with E-state index in [9.17, 15) is 9.18 Å². The molecule has 3 rings (SSSR count). The average molecular weight is 368 g/mol. The van der Waals surface area contributed by atoms with Crippen LogP contribution in [0.3, 0.4) is 0 Å². The van der Waals surface area contributed by atoms with E-state index in [1.807, 2.05) is 31.2 Å². The van der Waals surface area contributed by atoms with Crippen LogP contribution in [0, 0.1) is 19.7 Å². The van der Waals surface area contributed by atoms with E-state index in [0.717, 1.165) is 11.3 Å². The van der Waals surface area contributed by atoms with Crippen molar-refractivity contribution in [2.45, 2.75) is 13.8 Å². The highest BCUT2D eigenvalue weighted by atomic mass is 19.1. The normalized spacial score (nSPS) is 10.7. The summed E-state index contributed by atoms with van der Waals surface area (Å²) >= 11 is 0. The minimum atomic E-state index is -0.332. The van der Waals surface area contributed by atoms with Gasteiger partial charge < -0.3 is 9.64 Å². The number of aryl methyl sites for hydroxylation is 1. The molecule has 0 atom stereocenters. The first-order chi connectivity index (χ1) is 13.0. The highest BCUT2D eigenvalue weighted by Crippen LogP contribution is 2.15. The summed E-state index contributed by atoms with van der Waals surface area (Å²) < 4.78 is 20.3. The molecule has 2 aromatic carbocycles. The first kappa shape index (κ1) is 18.6. The Hall–Kier alpha value is -3.22. The molecule has 1 heterocycles. The summed E-state index contributed by atoms with van der Waals surface area (Å²) in [6.45, 7) is 4.54. The second-order valence-corrected chi connectivity index (χ2v) is 6.30. The van der Waals surface area contributed by atoms with Crippen molar-refractivity contribution in [3.8, 4) is 11.4 Å². The van der Waals surface area contributed by atoms with E-state index in [-0.39, 0.29) is 17.4 Å². The number of rotatable bonds is 6. The summed E-state index contributed by atoms with van der Waals surface area (Å²) in [6.07, 6.45) is 0. The molecule has 7 heteroatoms. The number of likely N-dealkylation sites (N-methyl/N-ethyl adjacent to an activating group) is 1. The monoisotopic (exact) mass is 368 g/mol. The van der Waals surface area contributed by atoms with Crippen molar-refractivity contribution >= 4 is 5.91 Å². The number of amides is 1. The zero-order chi connectivity index (χ0) is 19.4. The Morgan fingerprint density at radius 3 is 2.63 bits per heavy atom. The number of ether oxygens (including phenoxy) is 1. The number of halogens is 1. The second kappa shape index (κ2) is 7.99. The number of hydrogen-bond donors (Lipinski definition) is 0. The molecule has 6 nitrogen and oxygen atoms in total. The Morgan fingerprint density at radius 1 is 1.19 bits per heavy atom. The van der Waals surface area contributed by atoms with Gasteiger partial charge >= 0.3 is 0 Å². The van der Waals surface area contributed by atoms with Gasteiger partial charge in [-0.05, 0) is 55.8 Å². The lowest BCUT2D eigenvalue weighted by Gasteiger charge is -2.16. The van der Waals surface area contributed by atoms with Gasteiger partial charge in [-0.25, -0.2) is 9.07 Å². The van der Waals surface area contributed by atoms with Crippen LogP contribution in [0.2, 0.25) is 0 Å². The maximum Gasteiger partial charge on any atom is 0.276 e. The van der Waals surface area contributed by atoms with Crippen molar-refractivity contribution in [3.63, 3.8) is 0 Å². The molecule has 0 saturated carbocycles. The zero-order valence-electron chi connectivity index (χ0n) is 15.5. The Morgan fingerprint density at radius 2 is 1.93 bits per heavy atom. The van der Waals surface area contributed by atoms with Gasteiger partial charge in [0.05, 0.1) is 17.9 Å². The molecule has 0 N–H and O–H groups in total. The van der Waals surface area contributed by atoms with E-state index in [4.69, 9.17) is 4.74 Å². The Labute approximate surface area is 157 Å². The number of nitrogens with zero attached hydrogens (tertiary/aromatic N) is 4. The lowest BCUT2D eigenvalue weighted by atomic mass is 10.2. The van der Waals surface area contributed by atoms with Gasteiger partial charge in [-0.1, -0.05) is 17.3 Å². The number of carbonyl (C=O) groups is 1. The zero-order valence-corrected chi connectivity index (χ0v) is 15.5. The Bertz CT molecular complexity index is 937. The maximum absolute atomic E-state index is 13.1. The summed E-state index contributed by atoms with van der Waals surface area (Å²) in [4.78, 5) is 14.2. The van der Waals surface area contributed by atoms with Crippen LogP contribution in [0.1, 0.15) is 21.7 Å². The molecule has 0 radical (unpaired) electrons. The van der Waals surface area contributed by atoms with Gasteiger partial charge in [-0.15, -0.1) is 5.10 Å². The summed E-state index contributed by atoms with van der Waals surface area (Å²) in [5.74, 6) is 0.198. The maximum atomic E-state index is 13.1. The molecule has 27 heavy (non-hydrogen) atoms. The lowest BCUT2D eigenvalue weighted by Crippen LogP contribution is -2.31. The molecule has 1 amide bonds. The van der Waals surface area contributed by atoms with E-state index in [1.165, 1.54) is 16.8 Å². The molecule has 0 fully saturated rings. The number of carbonyl (C=O) groups excluding carboxylic acids is 1. The summed E-state index contributed by atoms with van der Waals surface area (Å²) in [6, 6.07) is 13.6. The van der Waals surface area contributed by atoms with Gasteiger partial charge in [0.2, 0.25) is 0 Å². The number of benzene rings is 2. The summed E-state index contributed by atoms with van der Waals surface area (Å²) in [5, 5.41) is 8.02. The van der Waals surface area contributed by atoms with Crippen LogP contribution in [-0.2, 0) is 0 Å². The molecule has 0 bridgehead atoms. The smallest absolute Gasteiger partial charge is 0.276 e. The van der Waals surface area contributed by atoms with Crippen molar-refractivity contribution in [2.75, 3.05) is 20.2 Å². The largest absolute Gasteiger partial charge is 0.492 e. The van der Waals surface area contributed by atoms with Crippen LogP contribution in [0.15, 0.2) is 48.5 Å². The van der Waals surface area contributed by atoms with Gasteiger partial charge in [0.15, 0.2) is 5.69 Å². The van der Waals surface area contributed by atoms with E-state index < -0.39 is 0 Å². The average Bonchev–Trinajstić information content (AvgIpc) is 3.03. The van der Waals surface area contributed by atoms with Gasteiger partial charge in [-0.3, -0.25) is 4.79 Å². The fourth-order valence-electron chi connectivity index (χ4n) is 2.64. The third kappa shape index (κ3) is 4.31. The fraction of sp³-hybridized carbons (Fsp3) is 0.250. The number of aromatic nitrogens is 3. The quantitative estimate of drug-likeness (QED) is 0.671.